The smallest absolute Gasteiger partial charge is 0.322 e. The van der Waals surface area contributed by atoms with Crippen molar-refractivity contribution in [1.29, 1.82) is 0 Å². The molecule has 0 fully saturated rings. The predicted octanol–water partition coefficient (Wildman–Crippen LogP) is 4.24. The average molecular weight is 423 g/mol. The number of hydrogen-bond acceptors (Lipinski definition) is 4. The van der Waals surface area contributed by atoms with Gasteiger partial charge in [-0.05, 0) is 53.6 Å². The van der Waals surface area contributed by atoms with E-state index in [0.29, 0.717) is 23.3 Å². The lowest BCUT2D eigenvalue weighted by Gasteiger charge is -2.21. The second kappa shape index (κ2) is 8.03. The average Bonchev–Trinajstić information content (AvgIpc) is 2.70. The highest BCUT2D eigenvalue weighted by Gasteiger charge is 2.20. The van der Waals surface area contributed by atoms with Gasteiger partial charge in [-0.3, -0.25) is 9.78 Å². The summed E-state index contributed by atoms with van der Waals surface area (Å²) in [6.07, 6.45) is 0.826. The lowest BCUT2D eigenvalue weighted by atomic mass is 10.00. The summed E-state index contributed by atoms with van der Waals surface area (Å²) in [7, 11) is 0. The topological polar surface area (TPSA) is 80.6 Å². The Labute approximate surface area is 178 Å². The molecule has 1 N–H and O–H groups in total. The third kappa shape index (κ3) is 4.00. The van der Waals surface area contributed by atoms with Crippen LogP contribution in [0.15, 0.2) is 52.1 Å². The first-order valence-corrected chi connectivity index (χ1v) is 10.4. The van der Waals surface area contributed by atoms with E-state index in [1.54, 1.807) is 0 Å². The summed E-state index contributed by atoms with van der Waals surface area (Å²) in [5.41, 5.74) is 2.90. The van der Waals surface area contributed by atoms with E-state index in [1.807, 2.05) is 41.0 Å². The van der Waals surface area contributed by atoms with Crippen LogP contribution < -0.4 is 11.2 Å². The molecule has 0 aromatic heterocycles. The first-order chi connectivity index (χ1) is 14.3. The number of halogens is 1. The number of nitrogens with one attached hydrogen (secondary N) is 1. The number of rotatable bonds is 5. The minimum atomic E-state index is -0.661. The Bertz CT molecular complexity index is 1290. The van der Waals surface area contributed by atoms with Crippen molar-refractivity contribution >= 4 is 22.6 Å². The molecule has 2 aliphatic rings. The fourth-order valence-electron chi connectivity index (χ4n) is 3.76. The molecule has 30 heavy (non-hydrogen) atoms. The molecule has 0 saturated heterocycles. The van der Waals surface area contributed by atoms with Crippen LogP contribution in [0, 0.1) is 5.92 Å². The summed E-state index contributed by atoms with van der Waals surface area (Å²) >= 11 is 5.99. The van der Waals surface area contributed by atoms with E-state index >= 15 is 0 Å². The van der Waals surface area contributed by atoms with E-state index in [2.05, 4.69) is 41.8 Å². The molecule has 0 amide bonds. The van der Waals surface area contributed by atoms with Crippen molar-refractivity contribution in [2.45, 2.75) is 39.7 Å². The van der Waals surface area contributed by atoms with Crippen LogP contribution in [0.5, 0.6) is 0 Å². The van der Waals surface area contributed by atoms with Crippen LogP contribution in [0.4, 0.5) is 0 Å². The first kappa shape index (κ1) is 20.3. The quantitative estimate of drug-likeness (QED) is 0.488. The molecule has 2 heterocycles. The van der Waals surface area contributed by atoms with Gasteiger partial charge >= 0.3 is 5.69 Å². The third-order valence-corrected chi connectivity index (χ3v) is 5.54. The molecule has 154 valence electrons. The fourth-order valence-corrected chi connectivity index (χ4v) is 3.89. The molecule has 0 radical (unpaired) electrons. The van der Waals surface area contributed by atoms with E-state index in [0.717, 1.165) is 23.0 Å². The monoisotopic (exact) mass is 422 g/mol. The van der Waals surface area contributed by atoms with Crippen LogP contribution in [0.3, 0.4) is 0 Å². The highest BCUT2D eigenvalue weighted by Crippen LogP contribution is 2.26. The minimum Gasteiger partial charge on any atom is -0.322 e. The van der Waals surface area contributed by atoms with Crippen LogP contribution in [0.25, 0.3) is 22.6 Å². The highest BCUT2D eigenvalue weighted by atomic mass is 35.5. The van der Waals surface area contributed by atoms with Gasteiger partial charge in [0.1, 0.15) is 0 Å². The molecule has 0 spiro atoms. The summed E-state index contributed by atoms with van der Waals surface area (Å²) in [4.78, 5) is 35.2. The predicted molar refractivity (Wildman–Crippen MR) is 119 cm³/mol. The number of hydrogen-bond donors (Lipinski definition) is 1. The maximum Gasteiger partial charge on any atom is 0.349 e. The van der Waals surface area contributed by atoms with Gasteiger partial charge in [0.25, 0.3) is 5.56 Å². The van der Waals surface area contributed by atoms with Crippen LogP contribution in [0.2, 0.25) is 5.02 Å². The Morgan fingerprint density at radius 2 is 1.77 bits per heavy atom. The SMILES string of the molecule is CC(Cc1ccc(Cl)cc1)Cn1c2nc(=O)[nH]c(=O)c-2nc2cc(C(C)C)ccc21. The van der Waals surface area contributed by atoms with E-state index < -0.39 is 11.2 Å². The normalized spacial score (nSPS) is 12.7. The molecule has 2 aromatic carbocycles. The number of fused-ring (bicyclic) bond motifs is 2. The molecule has 0 saturated carbocycles. The maximum atomic E-state index is 12.4. The van der Waals surface area contributed by atoms with Gasteiger partial charge < -0.3 is 4.57 Å². The van der Waals surface area contributed by atoms with Crippen molar-refractivity contribution in [3.63, 3.8) is 0 Å². The molecular formula is C23H23ClN4O2. The number of aromatic nitrogens is 4. The minimum absolute atomic E-state index is 0.182. The van der Waals surface area contributed by atoms with Crippen LogP contribution >= 0.6 is 11.6 Å². The Morgan fingerprint density at radius 1 is 1.03 bits per heavy atom. The zero-order valence-corrected chi connectivity index (χ0v) is 17.9. The van der Waals surface area contributed by atoms with E-state index in [1.165, 1.54) is 5.56 Å². The lowest BCUT2D eigenvalue weighted by molar-refractivity contribution is 0.485. The van der Waals surface area contributed by atoms with Gasteiger partial charge in [-0.2, -0.15) is 4.98 Å². The molecule has 2 aliphatic heterocycles. The molecular weight excluding hydrogens is 400 g/mol. The highest BCUT2D eigenvalue weighted by molar-refractivity contribution is 6.30. The fraction of sp³-hybridized carbons (Fsp3) is 0.304. The number of H-pyrrole nitrogens is 1. The largest absolute Gasteiger partial charge is 0.349 e. The molecule has 6 nitrogen and oxygen atoms in total. The summed E-state index contributed by atoms with van der Waals surface area (Å²) < 4.78 is 1.94. The standard InChI is InChI=1S/C23H23ClN4O2/c1-13(2)16-6-9-19-18(11-16)25-20-21(26-23(30)27-22(20)29)28(19)12-14(3)10-15-4-7-17(24)8-5-15/h4-9,11,13-14H,10,12H2,1-3H3,(H,27,29,30). The van der Waals surface area contributed by atoms with E-state index in [-0.39, 0.29) is 11.6 Å². The molecule has 0 aliphatic carbocycles. The third-order valence-electron chi connectivity index (χ3n) is 5.29. The van der Waals surface area contributed by atoms with Crippen LogP contribution in [0.1, 0.15) is 37.8 Å². The second-order valence-electron chi connectivity index (χ2n) is 8.10. The van der Waals surface area contributed by atoms with Gasteiger partial charge in [0.15, 0.2) is 11.5 Å². The Kier molecular flexibility index (Phi) is 5.43. The van der Waals surface area contributed by atoms with Gasteiger partial charge in [-0.15, -0.1) is 0 Å². The number of aromatic amines is 1. The molecule has 1 unspecified atom stereocenters. The van der Waals surface area contributed by atoms with Gasteiger partial charge in [0.2, 0.25) is 0 Å². The van der Waals surface area contributed by atoms with Crippen molar-refractivity contribution in [3.8, 4) is 11.5 Å². The Hall–Kier alpha value is -2.99. The summed E-state index contributed by atoms with van der Waals surface area (Å²) in [6.45, 7) is 6.95. The number of nitrogens with zero attached hydrogens (tertiary/aromatic N) is 3. The first-order valence-electron chi connectivity index (χ1n) is 10.0. The van der Waals surface area contributed by atoms with E-state index in [9.17, 15) is 9.59 Å². The number of benzene rings is 2. The molecule has 1 atom stereocenters. The second-order valence-corrected chi connectivity index (χ2v) is 8.54. The van der Waals surface area contributed by atoms with Crippen LogP contribution in [-0.4, -0.2) is 19.5 Å². The molecule has 0 bridgehead atoms. The maximum absolute atomic E-state index is 12.4. The summed E-state index contributed by atoms with van der Waals surface area (Å²) in [5, 5.41) is 0.708. The van der Waals surface area contributed by atoms with E-state index in [4.69, 9.17) is 11.6 Å². The van der Waals surface area contributed by atoms with Crippen molar-refractivity contribution < 1.29 is 0 Å². The van der Waals surface area contributed by atoms with Crippen molar-refractivity contribution in [2.24, 2.45) is 5.92 Å². The van der Waals surface area contributed by atoms with Crippen molar-refractivity contribution in [3.05, 3.63) is 79.5 Å². The molecule has 7 heteroatoms. The van der Waals surface area contributed by atoms with Crippen LogP contribution in [-0.2, 0) is 13.0 Å². The Morgan fingerprint density at radius 3 is 2.47 bits per heavy atom. The summed E-state index contributed by atoms with van der Waals surface area (Å²) in [6, 6.07) is 13.9. The van der Waals surface area contributed by atoms with Gasteiger partial charge in [0.05, 0.1) is 11.0 Å². The van der Waals surface area contributed by atoms with Crippen molar-refractivity contribution in [1.82, 2.24) is 19.5 Å². The molecule has 2 aromatic rings. The van der Waals surface area contributed by atoms with Gasteiger partial charge in [0, 0.05) is 11.6 Å². The zero-order valence-electron chi connectivity index (χ0n) is 17.1. The molecule has 4 rings (SSSR count). The van der Waals surface area contributed by atoms with Gasteiger partial charge in [-0.25, -0.2) is 9.78 Å². The lowest BCUT2D eigenvalue weighted by Crippen LogP contribution is -2.29. The Balaban J connectivity index is 1.83. The van der Waals surface area contributed by atoms with Gasteiger partial charge in [-0.1, -0.05) is 50.6 Å². The summed E-state index contributed by atoms with van der Waals surface area (Å²) in [5.74, 6) is 0.882. The zero-order chi connectivity index (χ0) is 21.4. The van der Waals surface area contributed by atoms with Crippen molar-refractivity contribution in [2.75, 3.05) is 0 Å².